The van der Waals surface area contributed by atoms with Gasteiger partial charge in [-0.25, -0.2) is 0 Å². The largest absolute Gasteiger partial charge is 0.351 e. The Balaban J connectivity index is 2.07. The molecule has 2 aliphatic carbocycles. The van der Waals surface area contributed by atoms with Gasteiger partial charge < -0.3 is 5.32 Å². The third-order valence-corrected chi connectivity index (χ3v) is 4.56. The molecule has 2 nitrogen and oxygen atoms in total. The van der Waals surface area contributed by atoms with Gasteiger partial charge in [-0.05, 0) is 31.6 Å². The lowest BCUT2D eigenvalue weighted by Gasteiger charge is -2.45. The number of nitrogens with one attached hydrogen (secondary N) is 1. The zero-order chi connectivity index (χ0) is 11.4. The van der Waals surface area contributed by atoms with Gasteiger partial charge in [-0.2, -0.15) is 0 Å². The molecule has 2 rings (SSSR count). The van der Waals surface area contributed by atoms with Crippen LogP contribution < -0.4 is 5.32 Å². The van der Waals surface area contributed by atoms with Crippen molar-refractivity contribution < 1.29 is 4.79 Å². The highest BCUT2D eigenvalue weighted by atomic mass is 16.1. The maximum Gasteiger partial charge on any atom is 0.217 e. The van der Waals surface area contributed by atoms with Crippen molar-refractivity contribution in [3.63, 3.8) is 0 Å². The lowest BCUT2D eigenvalue weighted by Crippen LogP contribution is -2.54. The summed E-state index contributed by atoms with van der Waals surface area (Å²) in [5.41, 5.74) is 0.171. The van der Waals surface area contributed by atoms with Gasteiger partial charge >= 0.3 is 0 Å². The first kappa shape index (κ1) is 11.9. The van der Waals surface area contributed by atoms with Gasteiger partial charge in [0.05, 0.1) is 0 Å². The van der Waals surface area contributed by atoms with Crippen LogP contribution in [0.2, 0.25) is 0 Å². The van der Waals surface area contributed by atoms with Crippen LogP contribution in [0.4, 0.5) is 0 Å². The van der Waals surface area contributed by atoms with Crippen molar-refractivity contribution in [1.82, 2.24) is 5.32 Å². The molecule has 0 unspecified atom stereocenters. The molecule has 0 heterocycles. The van der Waals surface area contributed by atoms with Gasteiger partial charge in [-0.1, -0.05) is 38.5 Å². The zero-order valence-corrected chi connectivity index (χ0v) is 10.6. The number of hydrogen-bond acceptors (Lipinski definition) is 1. The molecular formula is C14H25NO. The standard InChI is InChI=1S/C14H25NO/c1-12(16)15-14(10-6-3-7-11-14)13-8-4-2-5-9-13/h13H,2-11H2,1H3,(H,15,16). The Morgan fingerprint density at radius 1 is 1.00 bits per heavy atom. The molecule has 0 aromatic rings. The minimum atomic E-state index is 0.171. The molecule has 1 N–H and O–H groups in total. The van der Waals surface area contributed by atoms with Crippen LogP contribution in [0.5, 0.6) is 0 Å². The molecule has 0 bridgehead atoms. The monoisotopic (exact) mass is 223 g/mol. The molecule has 0 aromatic heterocycles. The van der Waals surface area contributed by atoms with Crippen molar-refractivity contribution in [3.8, 4) is 0 Å². The van der Waals surface area contributed by atoms with Crippen molar-refractivity contribution in [2.24, 2.45) is 5.92 Å². The minimum Gasteiger partial charge on any atom is -0.351 e. The highest BCUT2D eigenvalue weighted by Gasteiger charge is 2.40. The van der Waals surface area contributed by atoms with Crippen LogP contribution in [0.3, 0.4) is 0 Å². The summed E-state index contributed by atoms with van der Waals surface area (Å²) < 4.78 is 0. The van der Waals surface area contributed by atoms with Crippen LogP contribution in [0.1, 0.15) is 71.1 Å². The molecular weight excluding hydrogens is 198 g/mol. The predicted molar refractivity (Wildman–Crippen MR) is 66.2 cm³/mol. The molecule has 0 atom stereocenters. The summed E-state index contributed by atoms with van der Waals surface area (Å²) in [4.78, 5) is 11.4. The summed E-state index contributed by atoms with van der Waals surface area (Å²) in [6.45, 7) is 1.68. The molecule has 0 radical (unpaired) electrons. The third kappa shape index (κ3) is 2.58. The van der Waals surface area contributed by atoms with Gasteiger partial charge in [0, 0.05) is 12.5 Å². The Hall–Kier alpha value is -0.530. The fourth-order valence-electron chi connectivity index (χ4n) is 3.82. The first-order valence-electron chi connectivity index (χ1n) is 7.02. The minimum absolute atomic E-state index is 0.171. The number of carbonyl (C=O) groups is 1. The quantitative estimate of drug-likeness (QED) is 0.763. The van der Waals surface area contributed by atoms with Gasteiger partial charge in [0.25, 0.3) is 0 Å². The summed E-state index contributed by atoms with van der Waals surface area (Å²) in [6.07, 6.45) is 13.2. The molecule has 2 aliphatic rings. The smallest absolute Gasteiger partial charge is 0.217 e. The predicted octanol–water partition coefficient (Wildman–Crippen LogP) is 3.41. The number of amides is 1. The summed E-state index contributed by atoms with van der Waals surface area (Å²) in [5.74, 6) is 0.929. The van der Waals surface area contributed by atoms with Gasteiger partial charge in [0.2, 0.25) is 5.91 Å². The molecule has 0 spiro atoms. The number of rotatable bonds is 2. The maximum atomic E-state index is 11.4. The number of carbonyl (C=O) groups excluding carboxylic acids is 1. The summed E-state index contributed by atoms with van der Waals surface area (Å²) in [6, 6.07) is 0. The van der Waals surface area contributed by atoms with E-state index in [9.17, 15) is 4.79 Å². The highest BCUT2D eigenvalue weighted by Crippen LogP contribution is 2.41. The lowest BCUT2D eigenvalue weighted by molar-refractivity contribution is -0.122. The van der Waals surface area contributed by atoms with Crippen LogP contribution in [-0.4, -0.2) is 11.4 Å². The first-order chi connectivity index (χ1) is 7.73. The van der Waals surface area contributed by atoms with Crippen LogP contribution in [0.15, 0.2) is 0 Å². The lowest BCUT2D eigenvalue weighted by atomic mass is 9.67. The van der Waals surface area contributed by atoms with Crippen LogP contribution in [-0.2, 0) is 4.79 Å². The molecule has 0 aromatic carbocycles. The molecule has 0 saturated heterocycles. The van der Waals surface area contributed by atoms with E-state index < -0.39 is 0 Å². The summed E-state index contributed by atoms with van der Waals surface area (Å²) >= 11 is 0. The van der Waals surface area contributed by atoms with Gasteiger partial charge in [-0.15, -0.1) is 0 Å². The van der Waals surface area contributed by atoms with Crippen LogP contribution >= 0.6 is 0 Å². The SMILES string of the molecule is CC(=O)NC1(C2CCCCC2)CCCCC1. The second-order valence-electron chi connectivity index (χ2n) is 5.73. The fraction of sp³-hybridized carbons (Fsp3) is 0.929. The van der Waals surface area contributed by atoms with Crippen molar-refractivity contribution >= 4 is 5.91 Å². The average molecular weight is 223 g/mol. The van der Waals surface area contributed by atoms with Crippen LogP contribution in [0.25, 0.3) is 0 Å². The first-order valence-corrected chi connectivity index (χ1v) is 7.02. The second-order valence-corrected chi connectivity index (χ2v) is 5.73. The number of hydrogen-bond donors (Lipinski definition) is 1. The molecule has 2 heteroatoms. The highest BCUT2D eigenvalue weighted by molar-refractivity contribution is 5.73. The van der Waals surface area contributed by atoms with Crippen molar-refractivity contribution in [2.75, 3.05) is 0 Å². The van der Waals surface area contributed by atoms with Crippen molar-refractivity contribution in [2.45, 2.75) is 76.7 Å². The average Bonchev–Trinajstić information content (AvgIpc) is 2.30. The van der Waals surface area contributed by atoms with Gasteiger partial charge in [0.1, 0.15) is 0 Å². The maximum absolute atomic E-state index is 11.4. The molecule has 2 saturated carbocycles. The van der Waals surface area contributed by atoms with E-state index in [0.717, 1.165) is 5.92 Å². The van der Waals surface area contributed by atoms with E-state index in [4.69, 9.17) is 0 Å². The van der Waals surface area contributed by atoms with E-state index in [1.165, 1.54) is 64.2 Å². The molecule has 1 amide bonds. The normalized spacial score (nSPS) is 26.3. The van der Waals surface area contributed by atoms with E-state index in [2.05, 4.69) is 5.32 Å². The summed E-state index contributed by atoms with van der Waals surface area (Å²) in [5, 5.41) is 3.33. The van der Waals surface area contributed by atoms with E-state index in [1.54, 1.807) is 6.92 Å². The molecule has 92 valence electrons. The summed E-state index contributed by atoms with van der Waals surface area (Å²) in [7, 11) is 0. The third-order valence-electron chi connectivity index (χ3n) is 4.56. The fourth-order valence-corrected chi connectivity index (χ4v) is 3.82. The Labute approximate surface area is 99.2 Å². The Bertz CT molecular complexity index is 237. The van der Waals surface area contributed by atoms with E-state index in [0.29, 0.717) is 0 Å². The topological polar surface area (TPSA) is 29.1 Å². The zero-order valence-electron chi connectivity index (χ0n) is 10.6. The van der Waals surface area contributed by atoms with E-state index >= 15 is 0 Å². The second kappa shape index (κ2) is 5.20. The van der Waals surface area contributed by atoms with Crippen LogP contribution in [0, 0.1) is 5.92 Å². The Morgan fingerprint density at radius 2 is 1.56 bits per heavy atom. The molecule has 16 heavy (non-hydrogen) atoms. The van der Waals surface area contributed by atoms with Crippen molar-refractivity contribution in [1.29, 1.82) is 0 Å². The molecule has 2 fully saturated rings. The Morgan fingerprint density at radius 3 is 2.12 bits per heavy atom. The van der Waals surface area contributed by atoms with E-state index in [1.807, 2.05) is 0 Å². The Kier molecular flexibility index (Phi) is 3.88. The van der Waals surface area contributed by atoms with E-state index in [-0.39, 0.29) is 11.4 Å². The van der Waals surface area contributed by atoms with Gasteiger partial charge in [-0.3, -0.25) is 4.79 Å². The van der Waals surface area contributed by atoms with Gasteiger partial charge in [0.15, 0.2) is 0 Å². The molecule has 0 aliphatic heterocycles. The van der Waals surface area contributed by atoms with Crippen molar-refractivity contribution in [3.05, 3.63) is 0 Å².